The fourth-order valence-electron chi connectivity index (χ4n) is 3.17. The first kappa shape index (κ1) is 14.1. The van der Waals surface area contributed by atoms with Gasteiger partial charge in [0.1, 0.15) is 11.6 Å². The van der Waals surface area contributed by atoms with E-state index in [0.29, 0.717) is 0 Å². The molecule has 0 saturated carbocycles. The van der Waals surface area contributed by atoms with E-state index in [9.17, 15) is 4.39 Å². The van der Waals surface area contributed by atoms with Crippen LogP contribution in [0.15, 0.2) is 42.5 Å². The maximum atomic E-state index is 13.3. The Hall–Kier alpha value is -1.87. The van der Waals surface area contributed by atoms with Crippen LogP contribution in [0.5, 0.6) is 5.75 Å². The average molecular weight is 285 g/mol. The molecule has 2 aromatic carbocycles. The van der Waals surface area contributed by atoms with Crippen molar-refractivity contribution in [1.29, 1.82) is 0 Å². The number of nitrogens with one attached hydrogen (secondary N) is 1. The smallest absolute Gasteiger partial charge is 0.123 e. The quantitative estimate of drug-likeness (QED) is 0.910. The highest BCUT2D eigenvalue weighted by Gasteiger charge is 2.25. The minimum Gasteiger partial charge on any atom is -0.496 e. The van der Waals surface area contributed by atoms with E-state index < -0.39 is 0 Å². The summed E-state index contributed by atoms with van der Waals surface area (Å²) in [6.07, 6.45) is 1.95. The Morgan fingerprint density at radius 2 is 2.05 bits per heavy atom. The molecule has 1 aliphatic rings. The second kappa shape index (κ2) is 5.86. The largest absolute Gasteiger partial charge is 0.496 e. The van der Waals surface area contributed by atoms with Gasteiger partial charge in [0.25, 0.3) is 0 Å². The lowest BCUT2D eigenvalue weighted by Gasteiger charge is -2.22. The molecule has 0 heterocycles. The predicted octanol–water partition coefficient (Wildman–Crippen LogP) is 4.17. The zero-order valence-electron chi connectivity index (χ0n) is 12.4. The van der Waals surface area contributed by atoms with Crippen LogP contribution in [0.3, 0.4) is 0 Å². The molecule has 0 aromatic heterocycles. The van der Waals surface area contributed by atoms with Crippen molar-refractivity contribution in [2.24, 2.45) is 0 Å². The number of ether oxygens (including phenoxy) is 1. The number of benzene rings is 2. The van der Waals surface area contributed by atoms with Crippen molar-refractivity contribution in [3.05, 3.63) is 65.0 Å². The van der Waals surface area contributed by atoms with E-state index in [2.05, 4.69) is 18.3 Å². The van der Waals surface area contributed by atoms with Gasteiger partial charge in [-0.3, -0.25) is 0 Å². The molecule has 0 amide bonds. The molecule has 0 saturated heterocycles. The molecule has 3 heteroatoms. The molecule has 1 N–H and O–H groups in total. The van der Waals surface area contributed by atoms with E-state index in [-0.39, 0.29) is 17.9 Å². The highest BCUT2D eigenvalue weighted by molar-refractivity contribution is 5.38. The summed E-state index contributed by atoms with van der Waals surface area (Å²) >= 11 is 0. The zero-order chi connectivity index (χ0) is 14.8. The second-order valence-corrected chi connectivity index (χ2v) is 5.56. The Kier molecular flexibility index (Phi) is 3.93. The van der Waals surface area contributed by atoms with Crippen LogP contribution in [0.2, 0.25) is 0 Å². The molecule has 3 rings (SSSR count). The first-order chi connectivity index (χ1) is 10.2. The Bertz CT molecular complexity index is 641. The van der Waals surface area contributed by atoms with Gasteiger partial charge in [0, 0.05) is 17.6 Å². The van der Waals surface area contributed by atoms with E-state index in [1.54, 1.807) is 19.2 Å². The Morgan fingerprint density at radius 3 is 2.86 bits per heavy atom. The highest BCUT2D eigenvalue weighted by Crippen LogP contribution is 2.34. The lowest BCUT2D eigenvalue weighted by atomic mass is 10.0. The molecule has 0 aliphatic heterocycles. The highest BCUT2D eigenvalue weighted by atomic mass is 19.1. The maximum absolute atomic E-state index is 13.3. The second-order valence-electron chi connectivity index (χ2n) is 5.56. The van der Waals surface area contributed by atoms with Gasteiger partial charge in [-0.25, -0.2) is 4.39 Å². The van der Waals surface area contributed by atoms with Crippen molar-refractivity contribution < 1.29 is 9.13 Å². The summed E-state index contributed by atoms with van der Waals surface area (Å²) in [5, 5.41) is 3.64. The Balaban J connectivity index is 1.79. The van der Waals surface area contributed by atoms with Crippen LogP contribution in [-0.2, 0) is 6.42 Å². The van der Waals surface area contributed by atoms with Crippen LogP contribution in [0.1, 0.15) is 42.1 Å². The molecule has 2 atom stereocenters. The summed E-state index contributed by atoms with van der Waals surface area (Å²) < 4.78 is 18.7. The lowest BCUT2D eigenvalue weighted by molar-refractivity contribution is 0.393. The molecule has 110 valence electrons. The number of fused-ring (bicyclic) bond motifs is 1. The van der Waals surface area contributed by atoms with Crippen molar-refractivity contribution in [3.63, 3.8) is 0 Å². The van der Waals surface area contributed by atoms with Crippen LogP contribution in [0.4, 0.5) is 4.39 Å². The number of hydrogen-bond acceptors (Lipinski definition) is 2. The molecule has 2 nitrogen and oxygen atoms in total. The minimum absolute atomic E-state index is 0.146. The van der Waals surface area contributed by atoms with Crippen molar-refractivity contribution in [2.75, 3.05) is 7.11 Å². The normalized spacial score (nSPS) is 18.3. The molecule has 0 fully saturated rings. The monoisotopic (exact) mass is 285 g/mol. The van der Waals surface area contributed by atoms with Gasteiger partial charge in [-0.15, -0.1) is 0 Å². The number of methoxy groups -OCH3 is 1. The lowest BCUT2D eigenvalue weighted by Crippen LogP contribution is -2.23. The van der Waals surface area contributed by atoms with Crippen LogP contribution in [0.25, 0.3) is 0 Å². The topological polar surface area (TPSA) is 21.3 Å². The molecule has 0 bridgehead atoms. The van der Waals surface area contributed by atoms with Gasteiger partial charge in [-0.1, -0.05) is 24.3 Å². The Morgan fingerprint density at radius 1 is 1.24 bits per heavy atom. The van der Waals surface area contributed by atoms with Gasteiger partial charge in [0.15, 0.2) is 0 Å². The van der Waals surface area contributed by atoms with Gasteiger partial charge in [-0.2, -0.15) is 0 Å². The molecule has 2 aromatic rings. The fraction of sp³-hybridized carbons (Fsp3) is 0.333. The van der Waals surface area contributed by atoms with Gasteiger partial charge in [0.05, 0.1) is 7.11 Å². The summed E-state index contributed by atoms with van der Waals surface area (Å²) in [4.78, 5) is 0. The number of halogens is 1. The van der Waals surface area contributed by atoms with Crippen LogP contribution in [-0.4, -0.2) is 7.11 Å². The fourth-order valence-corrected chi connectivity index (χ4v) is 3.17. The van der Waals surface area contributed by atoms with E-state index in [0.717, 1.165) is 29.7 Å². The number of rotatable bonds is 4. The van der Waals surface area contributed by atoms with Crippen LogP contribution in [0, 0.1) is 5.82 Å². The molecule has 2 unspecified atom stereocenters. The van der Waals surface area contributed by atoms with Crippen molar-refractivity contribution in [2.45, 2.75) is 31.8 Å². The van der Waals surface area contributed by atoms with Gasteiger partial charge in [0.2, 0.25) is 0 Å². The van der Waals surface area contributed by atoms with Crippen LogP contribution >= 0.6 is 0 Å². The number of aryl methyl sites for hydroxylation is 1. The molecule has 21 heavy (non-hydrogen) atoms. The van der Waals surface area contributed by atoms with Crippen molar-refractivity contribution >= 4 is 0 Å². The molecule has 1 aliphatic carbocycles. The molecule has 0 spiro atoms. The first-order valence-corrected chi connectivity index (χ1v) is 7.36. The van der Waals surface area contributed by atoms with E-state index in [1.165, 1.54) is 5.56 Å². The van der Waals surface area contributed by atoms with Crippen molar-refractivity contribution in [3.8, 4) is 5.75 Å². The van der Waals surface area contributed by atoms with Crippen molar-refractivity contribution in [1.82, 2.24) is 5.32 Å². The third-order valence-corrected chi connectivity index (χ3v) is 4.24. The van der Waals surface area contributed by atoms with Gasteiger partial charge < -0.3 is 10.1 Å². The van der Waals surface area contributed by atoms with E-state index in [4.69, 9.17) is 4.74 Å². The minimum atomic E-state index is -0.146. The third kappa shape index (κ3) is 2.79. The first-order valence-electron chi connectivity index (χ1n) is 7.36. The summed E-state index contributed by atoms with van der Waals surface area (Å²) in [5.74, 6) is 0.752. The Labute approximate surface area is 125 Å². The zero-order valence-corrected chi connectivity index (χ0v) is 12.4. The predicted molar refractivity (Wildman–Crippen MR) is 82.0 cm³/mol. The van der Waals surface area contributed by atoms with Gasteiger partial charge in [-0.05, 0) is 49.1 Å². The standard InChI is InChI=1S/C18H20FNO/c1-12(15-5-3-4-6-18(15)21-2)20-17-10-7-13-11-14(19)8-9-16(13)17/h3-6,8-9,11-12,17,20H,7,10H2,1-2H3. The molecular weight excluding hydrogens is 265 g/mol. The van der Waals surface area contributed by atoms with E-state index in [1.807, 2.05) is 24.3 Å². The molecular formula is C18H20FNO. The maximum Gasteiger partial charge on any atom is 0.123 e. The number of hydrogen-bond donors (Lipinski definition) is 1. The van der Waals surface area contributed by atoms with Gasteiger partial charge >= 0.3 is 0 Å². The van der Waals surface area contributed by atoms with E-state index >= 15 is 0 Å². The number of para-hydroxylation sites is 1. The third-order valence-electron chi connectivity index (χ3n) is 4.24. The summed E-state index contributed by atoms with van der Waals surface area (Å²) in [6, 6.07) is 13.6. The average Bonchev–Trinajstić information content (AvgIpc) is 2.89. The van der Waals surface area contributed by atoms with Crippen LogP contribution < -0.4 is 10.1 Å². The summed E-state index contributed by atoms with van der Waals surface area (Å²) in [6.45, 7) is 2.14. The SMILES string of the molecule is COc1ccccc1C(C)NC1CCc2cc(F)ccc21. The summed E-state index contributed by atoms with van der Waals surface area (Å²) in [5.41, 5.74) is 3.49. The molecule has 0 radical (unpaired) electrons. The summed E-state index contributed by atoms with van der Waals surface area (Å²) in [7, 11) is 1.69.